The predicted molar refractivity (Wildman–Crippen MR) is 65.3 cm³/mol. The molecule has 0 bridgehead atoms. The lowest BCUT2D eigenvalue weighted by Gasteiger charge is -2.20. The van der Waals surface area contributed by atoms with Crippen LogP contribution in [-0.2, 0) is 11.3 Å². The van der Waals surface area contributed by atoms with Gasteiger partial charge in [-0.3, -0.25) is 4.79 Å². The van der Waals surface area contributed by atoms with Gasteiger partial charge in [-0.15, -0.1) is 0 Å². The van der Waals surface area contributed by atoms with Crippen molar-refractivity contribution in [1.29, 1.82) is 0 Å². The molecular formula is C13H16N2O. The highest BCUT2D eigenvalue weighted by atomic mass is 16.2. The molecule has 1 aliphatic heterocycles. The van der Waals surface area contributed by atoms with Crippen molar-refractivity contribution in [1.82, 2.24) is 5.32 Å². The Morgan fingerprint density at radius 2 is 2.25 bits per heavy atom. The summed E-state index contributed by atoms with van der Waals surface area (Å²) in [7, 11) is 0. The van der Waals surface area contributed by atoms with Crippen LogP contribution in [-0.4, -0.2) is 19.0 Å². The van der Waals surface area contributed by atoms with E-state index in [4.69, 9.17) is 0 Å². The van der Waals surface area contributed by atoms with Crippen LogP contribution in [0, 0.1) is 0 Å². The normalized spacial score (nSPS) is 15.9. The van der Waals surface area contributed by atoms with Crippen LogP contribution >= 0.6 is 0 Å². The standard InChI is InChI=1S/C13H16N2O/c1-2-5-13(16)15-9-8-14-10-11-6-3-4-7-12(11)15/h2-7,14H,8-10H2,1H3. The Kier molecular flexibility index (Phi) is 3.37. The average Bonchev–Trinajstić information content (AvgIpc) is 2.51. The van der Waals surface area contributed by atoms with E-state index in [0.717, 1.165) is 25.3 Å². The first-order chi connectivity index (χ1) is 7.83. The average molecular weight is 216 g/mol. The van der Waals surface area contributed by atoms with Gasteiger partial charge in [0.2, 0.25) is 0 Å². The summed E-state index contributed by atoms with van der Waals surface area (Å²) in [6.07, 6.45) is 3.39. The summed E-state index contributed by atoms with van der Waals surface area (Å²) in [4.78, 5) is 13.8. The van der Waals surface area contributed by atoms with Crippen LogP contribution in [0.2, 0.25) is 0 Å². The van der Waals surface area contributed by atoms with Crippen molar-refractivity contribution in [2.24, 2.45) is 0 Å². The van der Waals surface area contributed by atoms with Crippen LogP contribution in [0.3, 0.4) is 0 Å². The molecule has 3 nitrogen and oxygen atoms in total. The lowest BCUT2D eigenvalue weighted by molar-refractivity contribution is -0.114. The molecule has 0 aliphatic carbocycles. The molecule has 1 aromatic rings. The summed E-state index contributed by atoms with van der Waals surface area (Å²) in [5, 5.41) is 3.31. The van der Waals surface area contributed by atoms with Crippen LogP contribution in [0.15, 0.2) is 36.4 Å². The van der Waals surface area contributed by atoms with Gasteiger partial charge in [0.1, 0.15) is 0 Å². The van der Waals surface area contributed by atoms with Crippen molar-refractivity contribution in [2.45, 2.75) is 13.5 Å². The number of nitrogens with zero attached hydrogens (tertiary/aromatic N) is 1. The first-order valence-corrected chi connectivity index (χ1v) is 5.55. The molecule has 1 aliphatic rings. The second-order valence-corrected chi connectivity index (χ2v) is 3.80. The Morgan fingerprint density at radius 1 is 1.44 bits per heavy atom. The highest BCUT2D eigenvalue weighted by Gasteiger charge is 2.18. The number of amides is 1. The number of fused-ring (bicyclic) bond motifs is 1. The molecule has 0 saturated heterocycles. The van der Waals surface area contributed by atoms with E-state index in [1.54, 1.807) is 12.2 Å². The highest BCUT2D eigenvalue weighted by Crippen LogP contribution is 2.22. The zero-order valence-electron chi connectivity index (χ0n) is 9.44. The molecule has 2 rings (SSSR count). The van der Waals surface area contributed by atoms with Crippen molar-refractivity contribution in [3.8, 4) is 0 Å². The van der Waals surface area contributed by atoms with Crippen molar-refractivity contribution >= 4 is 11.6 Å². The Hall–Kier alpha value is -1.61. The van der Waals surface area contributed by atoms with Gasteiger partial charge in [0.05, 0.1) is 0 Å². The molecule has 16 heavy (non-hydrogen) atoms. The number of hydrogen-bond donors (Lipinski definition) is 1. The number of para-hydroxylation sites is 1. The van der Waals surface area contributed by atoms with Crippen molar-refractivity contribution < 1.29 is 4.79 Å². The molecule has 1 N–H and O–H groups in total. The first-order valence-electron chi connectivity index (χ1n) is 5.55. The Morgan fingerprint density at radius 3 is 3.06 bits per heavy atom. The molecule has 1 aromatic carbocycles. The van der Waals surface area contributed by atoms with E-state index in [9.17, 15) is 4.79 Å². The van der Waals surface area contributed by atoms with Crippen molar-refractivity contribution in [3.63, 3.8) is 0 Å². The number of hydrogen-bond acceptors (Lipinski definition) is 2. The monoisotopic (exact) mass is 216 g/mol. The number of carbonyl (C=O) groups is 1. The minimum absolute atomic E-state index is 0.0543. The fraction of sp³-hybridized carbons (Fsp3) is 0.308. The molecule has 0 unspecified atom stereocenters. The molecule has 0 spiro atoms. The summed E-state index contributed by atoms with van der Waals surface area (Å²) in [6.45, 7) is 4.24. The number of carbonyl (C=O) groups excluding carboxylic acids is 1. The largest absolute Gasteiger partial charge is 0.311 e. The SMILES string of the molecule is CC=CC(=O)N1CCNCc2ccccc21. The third-order valence-corrected chi connectivity index (χ3v) is 2.69. The summed E-state index contributed by atoms with van der Waals surface area (Å²) >= 11 is 0. The maximum atomic E-state index is 11.9. The quantitative estimate of drug-likeness (QED) is 0.725. The van der Waals surface area contributed by atoms with Gasteiger partial charge >= 0.3 is 0 Å². The molecule has 0 radical (unpaired) electrons. The van der Waals surface area contributed by atoms with E-state index in [2.05, 4.69) is 11.4 Å². The van der Waals surface area contributed by atoms with Gasteiger partial charge in [0.15, 0.2) is 0 Å². The maximum Gasteiger partial charge on any atom is 0.250 e. The number of anilines is 1. The lowest BCUT2D eigenvalue weighted by atomic mass is 10.1. The van der Waals surface area contributed by atoms with Gasteiger partial charge in [-0.25, -0.2) is 0 Å². The fourth-order valence-electron chi connectivity index (χ4n) is 1.92. The molecule has 1 amide bonds. The Bertz CT molecular complexity index is 412. The zero-order chi connectivity index (χ0) is 11.4. The van der Waals surface area contributed by atoms with E-state index < -0.39 is 0 Å². The summed E-state index contributed by atoms with van der Waals surface area (Å²) < 4.78 is 0. The minimum Gasteiger partial charge on any atom is -0.311 e. The van der Waals surface area contributed by atoms with Crippen LogP contribution < -0.4 is 10.2 Å². The van der Waals surface area contributed by atoms with Gasteiger partial charge in [-0.1, -0.05) is 24.3 Å². The van der Waals surface area contributed by atoms with Crippen LogP contribution in [0.5, 0.6) is 0 Å². The Labute approximate surface area is 95.8 Å². The van der Waals surface area contributed by atoms with E-state index in [1.807, 2.05) is 30.0 Å². The minimum atomic E-state index is 0.0543. The molecule has 0 fully saturated rings. The second-order valence-electron chi connectivity index (χ2n) is 3.80. The molecule has 0 saturated carbocycles. The van der Waals surface area contributed by atoms with Crippen molar-refractivity contribution in [3.05, 3.63) is 42.0 Å². The molecule has 0 atom stereocenters. The lowest BCUT2D eigenvalue weighted by Crippen LogP contribution is -2.33. The van der Waals surface area contributed by atoms with E-state index in [1.165, 1.54) is 5.56 Å². The summed E-state index contributed by atoms with van der Waals surface area (Å²) in [6, 6.07) is 8.04. The molecule has 1 heterocycles. The van der Waals surface area contributed by atoms with E-state index in [-0.39, 0.29) is 5.91 Å². The number of benzene rings is 1. The maximum absolute atomic E-state index is 11.9. The summed E-state index contributed by atoms with van der Waals surface area (Å²) in [5.41, 5.74) is 2.20. The van der Waals surface area contributed by atoms with Crippen LogP contribution in [0.25, 0.3) is 0 Å². The van der Waals surface area contributed by atoms with Crippen LogP contribution in [0.4, 0.5) is 5.69 Å². The third-order valence-electron chi connectivity index (χ3n) is 2.69. The second kappa shape index (κ2) is 4.94. The Balaban J connectivity index is 2.36. The molecule has 3 heteroatoms. The van der Waals surface area contributed by atoms with Crippen LogP contribution in [0.1, 0.15) is 12.5 Å². The number of allylic oxidation sites excluding steroid dienone is 1. The fourth-order valence-corrected chi connectivity index (χ4v) is 1.92. The van der Waals surface area contributed by atoms with E-state index in [0.29, 0.717) is 0 Å². The number of rotatable bonds is 1. The number of nitrogens with one attached hydrogen (secondary N) is 1. The predicted octanol–water partition coefficient (Wildman–Crippen LogP) is 1.70. The van der Waals surface area contributed by atoms with E-state index >= 15 is 0 Å². The van der Waals surface area contributed by atoms with Crippen molar-refractivity contribution in [2.75, 3.05) is 18.0 Å². The molecular weight excluding hydrogens is 200 g/mol. The topological polar surface area (TPSA) is 32.3 Å². The van der Waals surface area contributed by atoms with Gasteiger partial charge in [0.25, 0.3) is 5.91 Å². The zero-order valence-corrected chi connectivity index (χ0v) is 9.44. The van der Waals surface area contributed by atoms with Gasteiger partial charge in [-0.05, 0) is 24.6 Å². The summed E-state index contributed by atoms with van der Waals surface area (Å²) in [5.74, 6) is 0.0543. The van der Waals surface area contributed by atoms with Gasteiger partial charge < -0.3 is 10.2 Å². The smallest absolute Gasteiger partial charge is 0.250 e. The van der Waals surface area contributed by atoms with Gasteiger partial charge in [-0.2, -0.15) is 0 Å². The first kappa shape index (κ1) is 10.9. The highest BCUT2D eigenvalue weighted by molar-refractivity contribution is 6.02. The van der Waals surface area contributed by atoms with Gasteiger partial charge in [0, 0.05) is 25.3 Å². The third kappa shape index (κ3) is 2.14. The molecule has 0 aromatic heterocycles. The molecule has 84 valence electrons.